The van der Waals surface area contributed by atoms with Crippen LogP contribution in [0.4, 0.5) is 5.95 Å². The number of benzene rings is 1. The highest BCUT2D eigenvalue weighted by Crippen LogP contribution is 2.29. The molecule has 0 aliphatic rings. The van der Waals surface area contributed by atoms with Gasteiger partial charge in [-0.2, -0.15) is 4.98 Å². The summed E-state index contributed by atoms with van der Waals surface area (Å²) in [6, 6.07) is 8.92. The normalized spacial score (nSPS) is 10.8. The van der Waals surface area contributed by atoms with Crippen molar-refractivity contribution in [1.29, 1.82) is 0 Å². The molecule has 0 saturated heterocycles. The molecule has 0 aliphatic carbocycles. The predicted octanol–water partition coefficient (Wildman–Crippen LogP) is 3.13. The maximum Gasteiger partial charge on any atom is 0.223 e. The number of rotatable bonds is 2. The van der Waals surface area contributed by atoms with Crippen LogP contribution in [-0.4, -0.2) is 17.1 Å². The summed E-state index contributed by atoms with van der Waals surface area (Å²) in [5.41, 5.74) is 6.92. The summed E-state index contributed by atoms with van der Waals surface area (Å²) in [5, 5.41) is 1.55. The summed E-state index contributed by atoms with van der Waals surface area (Å²) < 4.78 is 10.8. The molecule has 0 saturated carbocycles. The average Bonchev–Trinajstić information content (AvgIpc) is 2.80. The van der Waals surface area contributed by atoms with Crippen LogP contribution in [0.15, 0.2) is 34.7 Å². The Morgan fingerprint density at radius 2 is 2.05 bits per heavy atom. The lowest BCUT2D eigenvalue weighted by Gasteiger charge is -2.01. The van der Waals surface area contributed by atoms with E-state index in [1.54, 1.807) is 12.1 Å². The number of hydrogen-bond acceptors (Lipinski definition) is 5. The Morgan fingerprint density at radius 3 is 2.84 bits per heavy atom. The number of nitrogens with two attached hydrogens (primary N) is 1. The number of ether oxygens (including phenoxy) is 1. The lowest BCUT2D eigenvalue weighted by atomic mass is 10.2. The summed E-state index contributed by atoms with van der Waals surface area (Å²) >= 11 is 5.94. The van der Waals surface area contributed by atoms with E-state index in [2.05, 4.69) is 9.97 Å². The zero-order chi connectivity index (χ0) is 13.4. The summed E-state index contributed by atoms with van der Waals surface area (Å²) in [5.74, 6) is 1.11. The first-order chi connectivity index (χ1) is 9.15. The second-order valence-corrected chi connectivity index (χ2v) is 4.38. The number of aromatic nitrogens is 2. The molecule has 5 nitrogen and oxygen atoms in total. The molecule has 2 aromatic heterocycles. The van der Waals surface area contributed by atoms with Gasteiger partial charge in [0.1, 0.15) is 11.3 Å². The van der Waals surface area contributed by atoms with Gasteiger partial charge >= 0.3 is 0 Å². The van der Waals surface area contributed by atoms with Gasteiger partial charge in [0.15, 0.2) is 5.76 Å². The van der Waals surface area contributed by atoms with Crippen molar-refractivity contribution >= 4 is 28.5 Å². The molecule has 2 N–H and O–H groups in total. The Kier molecular flexibility index (Phi) is 2.76. The first-order valence-corrected chi connectivity index (χ1v) is 5.91. The molecule has 0 fully saturated rings. The predicted molar refractivity (Wildman–Crippen MR) is 73.2 cm³/mol. The first kappa shape index (κ1) is 11.8. The molecule has 0 spiro atoms. The van der Waals surface area contributed by atoms with Crippen LogP contribution in [0.1, 0.15) is 0 Å². The van der Waals surface area contributed by atoms with Crippen molar-refractivity contribution in [2.75, 3.05) is 12.8 Å². The van der Waals surface area contributed by atoms with Gasteiger partial charge in [-0.3, -0.25) is 0 Å². The van der Waals surface area contributed by atoms with Gasteiger partial charge in [-0.05, 0) is 24.3 Å². The number of fused-ring (bicyclic) bond motifs is 1. The van der Waals surface area contributed by atoms with Crippen LogP contribution in [0.3, 0.4) is 0 Å². The monoisotopic (exact) mass is 275 g/mol. The van der Waals surface area contributed by atoms with Gasteiger partial charge in [-0.15, -0.1) is 0 Å². The minimum Gasteiger partial charge on any atom is -0.481 e. The first-order valence-electron chi connectivity index (χ1n) is 5.54. The lowest BCUT2D eigenvalue weighted by molar-refractivity contribution is 0.397. The lowest BCUT2D eigenvalue weighted by Crippen LogP contribution is -1.98. The van der Waals surface area contributed by atoms with Crippen molar-refractivity contribution < 1.29 is 9.15 Å². The van der Waals surface area contributed by atoms with E-state index in [1.807, 2.05) is 18.2 Å². The smallest absolute Gasteiger partial charge is 0.223 e. The Morgan fingerprint density at radius 1 is 1.21 bits per heavy atom. The fourth-order valence-electron chi connectivity index (χ4n) is 1.81. The SMILES string of the molecule is COc1cc(-c2cc3cc(Cl)ccc3o2)nc(N)n1. The largest absolute Gasteiger partial charge is 0.481 e. The second kappa shape index (κ2) is 4.44. The van der Waals surface area contributed by atoms with Gasteiger partial charge in [0.05, 0.1) is 7.11 Å². The number of furan rings is 1. The Balaban J connectivity index is 2.15. The fourth-order valence-corrected chi connectivity index (χ4v) is 1.99. The highest BCUT2D eigenvalue weighted by atomic mass is 35.5. The Bertz CT molecular complexity index is 755. The molecule has 3 rings (SSSR count). The maximum atomic E-state index is 5.94. The molecule has 0 amide bonds. The number of methoxy groups -OCH3 is 1. The molecular formula is C13H10ClN3O2. The van der Waals surface area contributed by atoms with Gasteiger partial charge in [0.2, 0.25) is 11.8 Å². The van der Waals surface area contributed by atoms with Gasteiger partial charge in [0, 0.05) is 16.5 Å². The number of anilines is 1. The summed E-state index contributed by atoms with van der Waals surface area (Å²) in [6.45, 7) is 0. The number of nitrogens with zero attached hydrogens (tertiary/aromatic N) is 2. The van der Waals surface area contributed by atoms with Crippen molar-refractivity contribution in [1.82, 2.24) is 9.97 Å². The molecule has 0 unspecified atom stereocenters. The average molecular weight is 276 g/mol. The maximum absolute atomic E-state index is 5.94. The van der Waals surface area contributed by atoms with Crippen LogP contribution in [-0.2, 0) is 0 Å². The van der Waals surface area contributed by atoms with Gasteiger partial charge < -0.3 is 14.9 Å². The topological polar surface area (TPSA) is 74.2 Å². The van der Waals surface area contributed by atoms with Gasteiger partial charge in [-0.25, -0.2) is 4.98 Å². The summed E-state index contributed by atoms with van der Waals surface area (Å²) in [4.78, 5) is 8.06. The fraction of sp³-hybridized carbons (Fsp3) is 0.0769. The minimum absolute atomic E-state index is 0.132. The standard InChI is InChI=1S/C13H10ClN3O2/c1-18-12-6-9(16-13(15)17-12)11-5-7-4-8(14)2-3-10(7)19-11/h2-6H,1H3,(H2,15,16,17). The van der Waals surface area contributed by atoms with Crippen molar-refractivity contribution in [3.05, 3.63) is 35.4 Å². The molecule has 0 atom stereocenters. The molecule has 6 heteroatoms. The molecular weight excluding hydrogens is 266 g/mol. The number of nitrogen functional groups attached to an aromatic ring is 1. The zero-order valence-electron chi connectivity index (χ0n) is 10.1. The van der Waals surface area contributed by atoms with Gasteiger partial charge in [-0.1, -0.05) is 11.6 Å². The van der Waals surface area contributed by atoms with E-state index in [-0.39, 0.29) is 5.95 Å². The van der Waals surface area contributed by atoms with E-state index in [1.165, 1.54) is 7.11 Å². The third-order valence-electron chi connectivity index (χ3n) is 2.66. The molecule has 96 valence electrons. The van der Waals surface area contributed by atoms with Crippen molar-refractivity contribution in [2.45, 2.75) is 0 Å². The highest BCUT2D eigenvalue weighted by molar-refractivity contribution is 6.31. The molecule has 1 aromatic carbocycles. The van der Waals surface area contributed by atoms with E-state index in [9.17, 15) is 0 Å². The van der Waals surface area contributed by atoms with E-state index in [0.29, 0.717) is 22.4 Å². The summed E-state index contributed by atoms with van der Waals surface area (Å²) in [7, 11) is 1.52. The molecule has 0 aliphatic heterocycles. The quantitative estimate of drug-likeness (QED) is 0.778. The molecule has 0 bridgehead atoms. The van der Waals surface area contributed by atoms with Crippen molar-refractivity contribution in [2.24, 2.45) is 0 Å². The van der Waals surface area contributed by atoms with Crippen LogP contribution < -0.4 is 10.5 Å². The van der Waals surface area contributed by atoms with E-state index < -0.39 is 0 Å². The molecule has 3 aromatic rings. The van der Waals surface area contributed by atoms with Crippen LogP contribution in [0.5, 0.6) is 5.88 Å². The van der Waals surface area contributed by atoms with Crippen LogP contribution >= 0.6 is 11.6 Å². The van der Waals surface area contributed by atoms with Crippen molar-refractivity contribution in [3.8, 4) is 17.3 Å². The molecule has 0 radical (unpaired) electrons. The van der Waals surface area contributed by atoms with E-state index in [0.717, 1.165) is 11.0 Å². The number of halogens is 1. The molecule has 19 heavy (non-hydrogen) atoms. The van der Waals surface area contributed by atoms with E-state index >= 15 is 0 Å². The summed E-state index contributed by atoms with van der Waals surface area (Å²) in [6.07, 6.45) is 0. The molecule has 2 heterocycles. The zero-order valence-corrected chi connectivity index (χ0v) is 10.8. The van der Waals surface area contributed by atoms with Crippen LogP contribution in [0, 0.1) is 0 Å². The Labute approximate surface area is 114 Å². The van der Waals surface area contributed by atoms with E-state index in [4.69, 9.17) is 26.5 Å². The number of hydrogen-bond donors (Lipinski definition) is 1. The minimum atomic E-state index is 0.132. The van der Waals surface area contributed by atoms with Crippen molar-refractivity contribution in [3.63, 3.8) is 0 Å². The highest BCUT2D eigenvalue weighted by Gasteiger charge is 2.11. The van der Waals surface area contributed by atoms with Crippen LogP contribution in [0.25, 0.3) is 22.4 Å². The Hall–Kier alpha value is -2.27. The van der Waals surface area contributed by atoms with Crippen LogP contribution in [0.2, 0.25) is 5.02 Å². The second-order valence-electron chi connectivity index (χ2n) is 3.95. The third kappa shape index (κ3) is 2.20. The third-order valence-corrected chi connectivity index (χ3v) is 2.89. The van der Waals surface area contributed by atoms with Gasteiger partial charge in [0.25, 0.3) is 0 Å².